The summed E-state index contributed by atoms with van der Waals surface area (Å²) in [6.07, 6.45) is 4.91. The standard InChI is InChI=1S/C29H31NO4/c1-29(24-9-4-21(5-10-24)8-15-28(32)34-3)27-14-13-26(31)20-23(27)16-18-30(29)25-11-6-22(7-12-25)17-19-33-2/h4-15,20,31H,16-19H2,1-3H3. The average Bonchev–Trinajstić information content (AvgIpc) is 2.86. The van der Waals surface area contributed by atoms with Gasteiger partial charge in [0.1, 0.15) is 5.75 Å². The summed E-state index contributed by atoms with van der Waals surface area (Å²) in [7, 11) is 3.09. The van der Waals surface area contributed by atoms with Crippen molar-refractivity contribution in [3.63, 3.8) is 0 Å². The fourth-order valence-electron chi connectivity index (χ4n) is 4.78. The monoisotopic (exact) mass is 457 g/mol. The summed E-state index contributed by atoms with van der Waals surface area (Å²) in [5.74, 6) is -0.0856. The fourth-order valence-corrected chi connectivity index (χ4v) is 4.78. The van der Waals surface area contributed by atoms with Crippen LogP contribution in [-0.4, -0.2) is 38.4 Å². The highest BCUT2D eigenvalue weighted by atomic mass is 16.5. The number of phenolic OH excluding ortho intramolecular Hbond substituents is 1. The van der Waals surface area contributed by atoms with E-state index in [2.05, 4.69) is 53.0 Å². The Hall–Kier alpha value is -3.57. The van der Waals surface area contributed by atoms with E-state index in [-0.39, 0.29) is 5.97 Å². The van der Waals surface area contributed by atoms with Crippen LogP contribution >= 0.6 is 0 Å². The predicted molar refractivity (Wildman–Crippen MR) is 135 cm³/mol. The second-order valence-corrected chi connectivity index (χ2v) is 8.70. The van der Waals surface area contributed by atoms with Gasteiger partial charge in [-0.25, -0.2) is 4.79 Å². The lowest BCUT2D eigenvalue weighted by Gasteiger charge is -2.48. The van der Waals surface area contributed by atoms with E-state index in [1.54, 1.807) is 19.3 Å². The van der Waals surface area contributed by atoms with Crippen LogP contribution in [0, 0.1) is 0 Å². The van der Waals surface area contributed by atoms with Gasteiger partial charge in [-0.2, -0.15) is 0 Å². The Morgan fingerprint density at radius 1 is 1.06 bits per heavy atom. The van der Waals surface area contributed by atoms with Crippen molar-refractivity contribution in [1.29, 1.82) is 0 Å². The van der Waals surface area contributed by atoms with Gasteiger partial charge >= 0.3 is 5.97 Å². The Morgan fingerprint density at radius 3 is 2.47 bits per heavy atom. The molecule has 0 radical (unpaired) electrons. The van der Waals surface area contributed by atoms with Crippen LogP contribution in [0.4, 0.5) is 5.69 Å². The molecule has 0 spiro atoms. The van der Waals surface area contributed by atoms with E-state index in [4.69, 9.17) is 4.74 Å². The number of fused-ring (bicyclic) bond motifs is 1. The maximum atomic E-state index is 11.5. The van der Waals surface area contributed by atoms with Gasteiger partial charge in [0.25, 0.3) is 0 Å². The number of rotatable bonds is 7. The molecule has 3 aromatic carbocycles. The Bertz CT molecular complexity index is 1170. The number of hydrogen-bond acceptors (Lipinski definition) is 5. The van der Waals surface area contributed by atoms with Gasteiger partial charge in [0.15, 0.2) is 0 Å². The minimum Gasteiger partial charge on any atom is -0.508 e. The summed E-state index contributed by atoms with van der Waals surface area (Å²) < 4.78 is 9.91. The number of ether oxygens (including phenoxy) is 2. The van der Waals surface area contributed by atoms with Crippen molar-refractivity contribution < 1.29 is 19.4 Å². The largest absolute Gasteiger partial charge is 0.508 e. The number of methoxy groups -OCH3 is 2. The van der Waals surface area contributed by atoms with Crippen molar-refractivity contribution >= 4 is 17.7 Å². The molecule has 0 saturated heterocycles. The highest BCUT2D eigenvalue weighted by molar-refractivity contribution is 5.86. The van der Waals surface area contributed by atoms with Crippen molar-refractivity contribution in [2.24, 2.45) is 0 Å². The lowest BCUT2D eigenvalue weighted by molar-refractivity contribution is -0.134. The van der Waals surface area contributed by atoms with Gasteiger partial charge in [-0.15, -0.1) is 0 Å². The van der Waals surface area contributed by atoms with E-state index < -0.39 is 5.54 Å². The maximum absolute atomic E-state index is 11.5. The van der Waals surface area contributed by atoms with E-state index >= 15 is 0 Å². The second-order valence-electron chi connectivity index (χ2n) is 8.70. The Labute approximate surface area is 201 Å². The Kier molecular flexibility index (Phi) is 7.03. The molecule has 1 aliphatic heterocycles. The molecule has 1 atom stereocenters. The van der Waals surface area contributed by atoms with Gasteiger partial charge in [-0.3, -0.25) is 0 Å². The number of benzene rings is 3. The highest BCUT2D eigenvalue weighted by Crippen LogP contribution is 2.44. The van der Waals surface area contributed by atoms with Crippen molar-refractivity contribution in [2.75, 3.05) is 32.3 Å². The number of phenols is 1. The first-order valence-electron chi connectivity index (χ1n) is 11.5. The topological polar surface area (TPSA) is 59.0 Å². The molecule has 1 unspecified atom stereocenters. The van der Waals surface area contributed by atoms with Crippen LogP contribution in [0.2, 0.25) is 0 Å². The molecule has 0 aromatic heterocycles. The van der Waals surface area contributed by atoms with Crippen LogP contribution < -0.4 is 4.90 Å². The molecular weight excluding hydrogens is 426 g/mol. The molecular formula is C29H31NO4. The highest BCUT2D eigenvalue weighted by Gasteiger charge is 2.40. The molecule has 3 aromatic rings. The third-order valence-electron chi connectivity index (χ3n) is 6.69. The molecule has 0 bridgehead atoms. The van der Waals surface area contributed by atoms with E-state index in [0.717, 1.165) is 41.8 Å². The molecule has 0 saturated carbocycles. The molecule has 4 rings (SSSR count). The zero-order valence-electron chi connectivity index (χ0n) is 20.0. The Balaban J connectivity index is 1.74. The number of nitrogens with zero attached hydrogens (tertiary/aromatic N) is 1. The van der Waals surface area contributed by atoms with Crippen LogP contribution in [-0.2, 0) is 32.6 Å². The summed E-state index contributed by atoms with van der Waals surface area (Å²) in [6.45, 7) is 3.77. The molecule has 34 heavy (non-hydrogen) atoms. The zero-order chi connectivity index (χ0) is 24.1. The van der Waals surface area contributed by atoms with Gasteiger partial charge in [-0.1, -0.05) is 42.5 Å². The quantitative estimate of drug-likeness (QED) is 0.395. The molecule has 0 aliphatic carbocycles. The number of carbonyl (C=O) groups is 1. The third kappa shape index (κ3) is 4.70. The number of aromatic hydroxyl groups is 1. The lowest BCUT2D eigenvalue weighted by Crippen LogP contribution is -2.49. The third-order valence-corrected chi connectivity index (χ3v) is 6.69. The Morgan fingerprint density at radius 2 is 1.79 bits per heavy atom. The average molecular weight is 458 g/mol. The first kappa shape index (κ1) is 23.6. The first-order valence-corrected chi connectivity index (χ1v) is 11.5. The molecule has 1 N–H and O–H groups in total. The summed E-state index contributed by atoms with van der Waals surface area (Å²) in [5, 5.41) is 10.1. The summed E-state index contributed by atoms with van der Waals surface area (Å²) in [4.78, 5) is 13.9. The molecule has 0 fully saturated rings. The smallest absolute Gasteiger partial charge is 0.330 e. The molecule has 0 amide bonds. The van der Waals surface area contributed by atoms with Gasteiger partial charge < -0.3 is 19.5 Å². The van der Waals surface area contributed by atoms with E-state index in [0.29, 0.717) is 12.4 Å². The van der Waals surface area contributed by atoms with Crippen LogP contribution in [0.15, 0.2) is 72.8 Å². The number of carbonyl (C=O) groups excluding carboxylic acids is 1. The first-order chi connectivity index (χ1) is 16.5. The minimum atomic E-state index is -0.431. The number of esters is 1. The molecule has 1 aliphatic rings. The minimum absolute atomic E-state index is 0.292. The number of hydrogen-bond donors (Lipinski definition) is 1. The van der Waals surface area contributed by atoms with Crippen LogP contribution in [0.25, 0.3) is 6.08 Å². The fraction of sp³-hybridized carbons (Fsp3) is 0.276. The molecule has 5 heteroatoms. The lowest BCUT2D eigenvalue weighted by atomic mass is 9.76. The maximum Gasteiger partial charge on any atom is 0.330 e. The SMILES string of the molecule is COCCc1ccc(N2CCc3cc(O)ccc3C2(C)c2ccc(C=CC(=O)OC)cc2)cc1. The van der Waals surface area contributed by atoms with Crippen molar-refractivity contribution in [3.8, 4) is 5.75 Å². The van der Waals surface area contributed by atoms with Gasteiger partial charge in [0.05, 0.1) is 19.3 Å². The number of anilines is 1. The normalized spacial score (nSPS) is 17.6. The summed E-state index contributed by atoms with van der Waals surface area (Å²) in [5.41, 5.74) is 6.36. The van der Waals surface area contributed by atoms with Crippen molar-refractivity contribution in [2.45, 2.75) is 25.3 Å². The molecule has 176 valence electrons. The van der Waals surface area contributed by atoms with Crippen LogP contribution in [0.5, 0.6) is 5.75 Å². The summed E-state index contributed by atoms with van der Waals surface area (Å²) >= 11 is 0. The van der Waals surface area contributed by atoms with Crippen LogP contribution in [0.1, 0.15) is 34.7 Å². The van der Waals surface area contributed by atoms with Gasteiger partial charge in [0, 0.05) is 25.4 Å². The van der Waals surface area contributed by atoms with Gasteiger partial charge in [-0.05, 0) is 77.9 Å². The van der Waals surface area contributed by atoms with E-state index in [1.165, 1.54) is 24.3 Å². The second kappa shape index (κ2) is 10.1. The summed E-state index contributed by atoms with van der Waals surface area (Å²) in [6, 6.07) is 22.6. The predicted octanol–water partition coefficient (Wildman–Crippen LogP) is 5.09. The van der Waals surface area contributed by atoms with E-state index in [1.807, 2.05) is 24.3 Å². The van der Waals surface area contributed by atoms with Crippen LogP contribution in [0.3, 0.4) is 0 Å². The van der Waals surface area contributed by atoms with Gasteiger partial charge in [0.2, 0.25) is 0 Å². The van der Waals surface area contributed by atoms with E-state index in [9.17, 15) is 9.90 Å². The van der Waals surface area contributed by atoms with Crippen molar-refractivity contribution in [3.05, 3.63) is 101 Å². The molecule has 1 heterocycles. The molecule has 5 nitrogen and oxygen atoms in total. The zero-order valence-corrected chi connectivity index (χ0v) is 20.0. The van der Waals surface area contributed by atoms with Crippen molar-refractivity contribution in [1.82, 2.24) is 0 Å².